The maximum absolute atomic E-state index is 12.9. The summed E-state index contributed by atoms with van der Waals surface area (Å²) in [7, 11) is 1.76. The molecule has 8 nitrogen and oxygen atoms in total. The molecule has 27 heavy (non-hydrogen) atoms. The normalized spacial score (nSPS) is 27.4. The summed E-state index contributed by atoms with van der Waals surface area (Å²) < 4.78 is 13.7. The van der Waals surface area contributed by atoms with Gasteiger partial charge in [-0.15, -0.1) is 0 Å². The van der Waals surface area contributed by atoms with Gasteiger partial charge in [0, 0.05) is 38.8 Å². The van der Waals surface area contributed by atoms with E-state index in [-0.39, 0.29) is 23.7 Å². The Morgan fingerprint density at radius 2 is 2.30 bits per heavy atom. The molecule has 1 aliphatic heterocycles. The van der Waals surface area contributed by atoms with Gasteiger partial charge in [-0.1, -0.05) is 6.07 Å². The van der Waals surface area contributed by atoms with Gasteiger partial charge in [-0.2, -0.15) is 5.10 Å². The molecular formula is C19H25N5O3. The molecule has 1 saturated heterocycles. The summed E-state index contributed by atoms with van der Waals surface area (Å²) in [4.78, 5) is 23.0. The van der Waals surface area contributed by atoms with Crippen LogP contribution in [0.1, 0.15) is 32.1 Å². The van der Waals surface area contributed by atoms with Crippen LogP contribution in [0.15, 0.2) is 37.1 Å². The van der Waals surface area contributed by atoms with Crippen LogP contribution in [0.4, 0.5) is 0 Å². The Morgan fingerprint density at radius 1 is 1.37 bits per heavy atom. The highest BCUT2D eigenvalue weighted by atomic mass is 16.5. The number of carbonyl (C=O) groups is 1. The molecule has 2 fully saturated rings. The Bertz CT molecular complexity index is 754. The standard InChI is InChI=1S/C19H25N5O3/c1-26-19-7-5-15(27-17-4-2-3-9-21-17)12-16(19)24(11-8-19)18(25)6-10-23-14-20-13-22-23/h2-4,9,13-16H,5-8,10-12H2,1H3/t15-,16+,19-/m1/s1. The molecule has 2 aromatic rings. The third-order valence-corrected chi connectivity index (χ3v) is 5.81. The highest BCUT2D eigenvalue weighted by Gasteiger charge is 2.52. The largest absolute Gasteiger partial charge is 0.474 e. The fraction of sp³-hybridized carbons (Fsp3) is 0.579. The Morgan fingerprint density at radius 3 is 3.04 bits per heavy atom. The van der Waals surface area contributed by atoms with Gasteiger partial charge in [-0.25, -0.2) is 9.97 Å². The molecule has 2 aliphatic rings. The summed E-state index contributed by atoms with van der Waals surface area (Å²) >= 11 is 0. The predicted octanol–water partition coefficient (Wildman–Crippen LogP) is 1.68. The molecule has 1 saturated carbocycles. The average molecular weight is 371 g/mol. The highest BCUT2D eigenvalue weighted by Crippen LogP contribution is 2.43. The lowest BCUT2D eigenvalue weighted by atomic mass is 9.79. The second-order valence-electron chi connectivity index (χ2n) is 7.21. The molecule has 3 heterocycles. The zero-order valence-electron chi connectivity index (χ0n) is 15.5. The zero-order chi connectivity index (χ0) is 18.7. The topological polar surface area (TPSA) is 82.4 Å². The fourth-order valence-electron chi connectivity index (χ4n) is 4.36. The second-order valence-corrected chi connectivity index (χ2v) is 7.21. The van der Waals surface area contributed by atoms with Crippen molar-refractivity contribution in [2.45, 2.75) is 56.4 Å². The molecule has 3 atom stereocenters. The molecule has 0 spiro atoms. The first-order chi connectivity index (χ1) is 13.2. The van der Waals surface area contributed by atoms with Crippen LogP contribution in [0.25, 0.3) is 0 Å². The van der Waals surface area contributed by atoms with Crippen molar-refractivity contribution in [3.63, 3.8) is 0 Å². The van der Waals surface area contributed by atoms with E-state index in [9.17, 15) is 4.79 Å². The smallest absolute Gasteiger partial charge is 0.224 e. The number of ether oxygens (including phenoxy) is 2. The summed E-state index contributed by atoms with van der Waals surface area (Å²) in [5.41, 5.74) is -0.257. The summed E-state index contributed by atoms with van der Waals surface area (Å²) in [6.07, 6.45) is 8.72. The number of pyridine rings is 1. The van der Waals surface area contributed by atoms with Gasteiger partial charge in [-0.05, 0) is 25.3 Å². The van der Waals surface area contributed by atoms with E-state index < -0.39 is 0 Å². The van der Waals surface area contributed by atoms with Crippen LogP contribution in [0.2, 0.25) is 0 Å². The van der Waals surface area contributed by atoms with Crippen molar-refractivity contribution in [3.05, 3.63) is 37.1 Å². The number of hydrogen-bond donors (Lipinski definition) is 0. The predicted molar refractivity (Wildman–Crippen MR) is 97.0 cm³/mol. The van der Waals surface area contributed by atoms with E-state index in [0.29, 0.717) is 18.8 Å². The van der Waals surface area contributed by atoms with Crippen LogP contribution < -0.4 is 4.74 Å². The second kappa shape index (κ2) is 7.64. The minimum atomic E-state index is -0.257. The molecule has 0 bridgehead atoms. The number of aromatic nitrogens is 4. The third-order valence-electron chi connectivity index (χ3n) is 5.81. The quantitative estimate of drug-likeness (QED) is 0.768. The fourth-order valence-corrected chi connectivity index (χ4v) is 4.36. The molecule has 8 heteroatoms. The average Bonchev–Trinajstić information content (AvgIpc) is 3.35. The van der Waals surface area contributed by atoms with Crippen molar-refractivity contribution in [2.24, 2.45) is 0 Å². The molecule has 144 valence electrons. The van der Waals surface area contributed by atoms with Gasteiger partial charge in [-0.3, -0.25) is 9.48 Å². The summed E-state index contributed by atoms with van der Waals surface area (Å²) in [6.45, 7) is 1.26. The number of fused-ring (bicyclic) bond motifs is 1. The zero-order valence-corrected chi connectivity index (χ0v) is 15.5. The number of aryl methyl sites for hydroxylation is 1. The molecule has 0 unspecified atom stereocenters. The van der Waals surface area contributed by atoms with Gasteiger partial charge in [0.15, 0.2) is 0 Å². The number of likely N-dealkylation sites (tertiary alicyclic amines) is 1. The lowest BCUT2D eigenvalue weighted by molar-refractivity contribution is -0.139. The monoisotopic (exact) mass is 371 g/mol. The molecule has 4 rings (SSSR count). The molecule has 0 radical (unpaired) electrons. The van der Waals surface area contributed by atoms with E-state index >= 15 is 0 Å². The van der Waals surface area contributed by atoms with E-state index in [0.717, 1.165) is 32.2 Å². The van der Waals surface area contributed by atoms with Crippen LogP contribution in [-0.4, -0.2) is 62.0 Å². The van der Waals surface area contributed by atoms with Gasteiger partial charge in [0.1, 0.15) is 18.8 Å². The van der Waals surface area contributed by atoms with Crippen LogP contribution in [-0.2, 0) is 16.1 Å². The van der Waals surface area contributed by atoms with Crippen LogP contribution >= 0.6 is 0 Å². The van der Waals surface area contributed by atoms with Crippen LogP contribution in [0.5, 0.6) is 5.88 Å². The maximum atomic E-state index is 12.9. The van der Waals surface area contributed by atoms with Crippen molar-refractivity contribution in [3.8, 4) is 5.88 Å². The Balaban J connectivity index is 1.43. The van der Waals surface area contributed by atoms with E-state index in [2.05, 4.69) is 15.1 Å². The summed E-state index contributed by atoms with van der Waals surface area (Å²) in [6, 6.07) is 5.69. The van der Waals surface area contributed by atoms with Crippen LogP contribution in [0, 0.1) is 0 Å². The van der Waals surface area contributed by atoms with Crippen molar-refractivity contribution in [1.82, 2.24) is 24.6 Å². The molecule has 1 amide bonds. The highest BCUT2D eigenvalue weighted by molar-refractivity contribution is 5.77. The van der Waals surface area contributed by atoms with Crippen LogP contribution in [0.3, 0.4) is 0 Å². The van der Waals surface area contributed by atoms with E-state index in [1.807, 2.05) is 23.1 Å². The molecular weight excluding hydrogens is 346 g/mol. The van der Waals surface area contributed by atoms with Gasteiger partial charge >= 0.3 is 0 Å². The molecule has 2 aromatic heterocycles. The van der Waals surface area contributed by atoms with Crippen molar-refractivity contribution in [2.75, 3.05) is 13.7 Å². The van der Waals surface area contributed by atoms with E-state index in [4.69, 9.17) is 9.47 Å². The lowest BCUT2D eigenvalue weighted by Gasteiger charge is -2.43. The molecule has 0 N–H and O–H groups in total. The summed E-state index contributed by atoms with van der Waals surface area (Å²) in [5, 5.41) is 4.07. The number of hydrogen-bond acceptors (Lipinski definition) is 6. The summed E-state index contributed by atoms with van der Waals surface area (Å²) in [5.74, 6) is 0.766. The number of nitrogens with zero attached hydrogens (tertiary/aromatic N) is 5. The van der Waals surface area contributed by atoms with Gasteiger partial charge in [0.05, 0.1) is 18.2 Å². The van der Waals surface area contributed by atoms with Crippen molar-refractivity contribution < 1.29 is 14.3 Å². The minimum Gasteiger partial charge on any atom is -0.474 e. The van der Waals surface area contributed by atoms with E-state index in [1.165, 1.54) is 6.33 Å². The van der Waals surface area contributed by atoms with Gasteiger partial charge in [0.2, 0.25) is 11.8 Å². The first kappa shape index (κ1) is 17.9. The molecule has 0 aromatic carbocycles. The lowest BCUT2D eigenvalue weighted by Crippen LogP contribution is -2.53. The number of carbonyl (C=O) groups excluding carboxylic acids is 1. The third kappa shape index (κ3) is 3.66. The van der Waals surface area contributed by atoms with Gasteiger partial charge in [0.25, 0.3) is 0 Å². The number of methoxy groups -OCH3 is 1. The Hall–Kier alpha value is -2.48. The SMILES string of the molecule is CO[C@@]12CC[C@@H](Oc3ccccn3)C[C@@H]1N(C(=O)CCn1cncn1)CC2. The van der Waals surface area contributed by atoms with E-state index in [1.54, 1.807) is 24.3 Å². The number of rotatable bonds is 6. The Kier molecular flexibility index (Phi) is 5.07. The van der Waals surface area contributed by atoms with Gasteiger partial charge < -0.3 is 14.4 Å². The minimum absolute atomic E-state index is 0.0354. The number of amides is 1. The van der Waals surface area contributed by atoms with Crippen molar-refractivity contribution in [1.29, 1.82) is 0 Å². The Labute approximate surface area is 158 Å². The van der Waals surface area contributed by atoms with Crippen molar-refractivity contribution >= 4 is 5.91 Å². The maximum Gasteiger partial charge on any atom is 0.224 e. The molecule has 1 aliphatic carbocycles. The first-order valence-electron chi connectivity index (χ1n) is 9.45. The first-order valence-corrected chi connectivity index (χ1v) is 9.45.